The van der Waals surface area contributed by atoms with Crippen molar-refractivity contribution in [2.75, 3.05) is 0 Å². The molecule has 108 heavy (non-hydrogen) atoms. The summed E-state index contributed by atoms with van der Waals surface area (Å²) in [6.07, 6.45) is 11.1. The average Bonchev–Trinajstić information content (AvgIpc) is 0.834. The van der Waals surface area contributed by atoms with E-state index in [1.54, 1.807) is 6.20 Å². The third kappa shape index (κ3) is 38.9. The van der Waals surface area contributed by atoms with E-state index in [1.807, 2.05) is 183 Å². The minimum Gasteiger partial charge on any atom is -0.262 e. The summed E-state index contributed by atoms with van der Waals surface area (Å²) >= 11 is 0. The molecular weight excluding hydrogens is 1320 g/mol. The molecule has 0 aliphatic heterocycles. The molecule has 582 valence electrons. The van der Waals surface area contributed by atoms with E-state index < -0.39 is 0 Å². The first-order chi connectivity index (χ1) is 50.0. The maximum absolute atomic E-state index is 4.49. The highest BCUT2D eigenvalue weighted by Crippen LogP contribution is 2.24. The van der Waals surface area contributed by atoms with Crippen molar-refractivity contribution in [2.24, 2.45) is 0 Å². The lowest BCUT2D eigenvalue weighted by atomic mass is 9.89. The fourth-order valence-corrected chi connectivity index (χ4v) is 9.87. The number of aromatic nitrogens is 13. The molecule has 0 N–H and O–H groups in total. The van der Waals surface area contributed by atoms with Crippen LogP contribution in [0.5, 0.6) is 0 Å². The van der Waals surface area contributed by atoms with Crippen LogP contribution in [0.1, 0.15) is 261 Å². The largest absolute Gasteiger partial charge is 0.262 e. The van der Waals surface area contributed by atoms with E-state index >= 15 is 0 Å². The molecule has 0 atom stereocenters. The second-order valence-electron chi connectivity index (χ2n) is 32.3. The van der Waals surface area contributed by atoms with Crippen LogP contribution in [0.2, 0.25) is 0 Å². The van der Waals surface area contributed by atoms with Crippen molar-refractivity contribution in [3.05, 3.63) is 311 Å². The normalized spacial score (nSPS) is 10.5. The zero-order valence-corrected chi connectivity index (χ0v) is 73.8. The van der Waals surface area contributed by atoms with E-state index in [9.17, 15) is 0 Å². The molecule has 0 spiro atoms. The van der Waals surface area contributed by atoms with Gasteiger partial charge in [0.25, 0.3) is 0 Å². The van der Waals surface area contributed by atoms with Gasteiger partial charge >= 0.3 is 0 Å². The van der Waals surface area contributed by atoms with E-state index in [0.29, 0.717) is 5.92 Å². The number of hydrogen-bond acceptors (Lipinski definition) is 13. The molecule has 13 heteroatoms. The maximum atomic E-state index is 4.49. The molecular formula is C95H137N13. The minimum absolute atomic E-state index is 0.0449. The second kappa shape index (κ2) is 46.7. The predicted molar refractivity (Wildman–Crippen MR) is 460 cm³/mol. The molecule has 0 amide bonds. The van der Waals surface area contributed by atoms with Gasteiger partial charge in [-0.25, -0.2) is 19.9 Å². The number of nitrogens with zero attached hydrogens (tertiary/aromatic N) is 13. The molecule has 0 saturated carbocycles. The number of hydrogen-bond donors (Lipinski definition) is 0. The van der Waals surface area contributed by atoms with E-state index in [4.69, 9.17) is 0 Å². The smallest absolute Gasteiger partial charge is 0.134 e. The Morgan fingerprint density at radius 2 is 0.731 bits per heavy atom. The van der Waals surface area contributed by atoms with Crippen LogP contribution in [-0.2, 0) is 21.7 Å². The molecule has 11 aromatic rings. The molecule has 0 radical (unpaired) electrons. The molecule has 11 rings (SSSR count). The summed E-state index contributed by atoms with van der Waals surface area (Å²) in [7, 11) is 0. The third-order valence-corrected chi connectivity index (χ3v) is 17.2. The van der Waals surface area contributed by atoms with Crippen LogP contribution >= 0.6 is 0 Å². The summed E-state index contributed by atoms with van der Waals surface area (Å²) in [4.78, 5) is 55.6. The Hall–Kier alpha value is -9.49. The summed E-state index contributed by atoms with van der Waals surface area (Å²) in [6.45, 7) is 77.2. The molecule has 0 saturated heterocycles. The highest BCUT2D eigenvalue weighted by atomic mass is 14.9. The van der Waals surface area contributed by atoms with Crippen molar-refractivity contribution in [3.63, 3.8) is 0 Å². The first kappa shape index (κ1) is 96.5. The predicted octanol–water partition coefficient (Wildman–Crippen LogP) is 24.1. The zero-order valence-electron chi connectivity index (χ0n) is 73.8. The standard InChI is InChI=1S/C11H18N2.3C10H15N.C9H13N.C8H12N2.3C8H11N.C7H9N.C6H7N/c1-7-8(2)12-10(11(4,5)6)13-9(7)3;1-8-5-6-9(11-7-8)10(2,3)4;1-8-6-5-7-11-9(8)10(2,3)4;1-8-6-5-7-9(11-8)10(2,3)4;1-7(2)9-8(3)5-4-6-10-9;1-5-6(2)9-8(4)10-7(5)3;1-6-4-7(2)9-8(3)5-6;1-6-4-5-9-8(3)7(6)2;1-6-4-5-7(2)9-8(6)3;1-6-4-3-5-8-7(6)2;1-6-4-2-3-5-7-6/h1-6H3;3*5-7H,1-4H3;4-7H,1-3H3;1-4H3;3*4-5H,1-3H3;3-5H,1-2H3;2-5H,1H3. The van der Waals surface area contributed by atoms with Gasteiger partial charge in [-0.3, -0.25) is 44.9 Å². The van der Waals surface area contributed by atoms with Gasteiger partial charge in [-0.2, -0.15) is 0 Å². The third-order valence-electron chi connectivity index (χ3n) is 17.2. The highest BCUT2D eigenvalue weighted by molar-refractivity contribution is 5.29. The number of aryl methyl sites for hydroxylation is 20. The summed E-state index contributed by atoms with van der Waals surface area (Å²) in [5, 5.41) is 0. The summed E-state index contributed by atoms with van der Waals surface area (Å²) < 4.78 is 0. The van der Waals surface area contributed by atoms with Crippen molar-refractivity contribution in [2.45, 2.75) is 284 Å². The first-order valence-electron chi connectivity index (χ1n) is 37.8. The van der Waals surface area contributed by atoms with E-state index in [2.05, 4.69) is 285 Å². The van der Waals surface area contributed by atoms with Crippen LogP contribution in [0.25, 0.3) is 0 Å². The molecule has 0 unspecified atom stereocenters. The van der Waals surface area contributed by atoms with Gasteiger partial charge in [-0.15, -0.1) is 0 Å². The van der Waals surface area contributed by atoms with Crippen LogP contribution in [0.15, 0.2) is 152 Å². The van der Waals surface area contributed by atoms with Crippen LogP contribution in [0.4, 0.5) is 0 Å². The Balaban J connectivity index is 0.000000596. The Morgan fingerprint density at radius 1 is 0.259 bits per heavy atom. The lowest BCUT2D eigenvalue weighted by Gasteiger charge is -2.19. The van der Waals surface area contributed by atoms with Crippen molar-refractivity contribution >= 4 is 0 Å². The Bertz CT molecular complexity index is 4290. The quantitative estimate of drug-likeness (QED) is 0.152. The second-order valence-corrected chi connectivity index (χ2v) is 32.3. The van der Waals surface area contributed by atoms with E-state index in [0.717, 1.165) is 91.4 Å². The van der Waals surface area contributed by atoms with Crippen molar-refractivity contribution in [3.8, 4) is 0 Å². The van der Waals surface area contributed by atoms with Crippen molar-refractivity contribution < 1.29 is 0 Å². The van der Waals surface area contributed by atoms with Gasteiger partial charge in [-0.05, 0) is 294 Å². The van der Waals surface area contributed by atoms with Crippen LogP contribution in [0, 0.1) is 159 Å². The SMILES string of the molecule is Cc1cc(C)nc(C)c1.Cc1ccc(C(C)(C)C)nc1.Cc1ccc(C)c(C)n1.Cc1cccc(C(C)(C)C)n1.Cc1ccccn1.Cc1cccnc1C.Cc1cccnc1C(C)(C)C.Cc1cccnc1C(C)C.Cc1ccnc(C)c1C.Cc1nc(C(C)(C)C)nc(C)c1C.Cc1nc(C)c(C)c(C)n1. The molecule has 11 aromatic heterocycles. The fourth-order valence-electron chi connectivity index (χ4n) is 9.87. The Labute approximate surface area is 655 Å². The molecule has 0 bridgehead atoms. The lowest BCUT2D eigenvalue weighted by Crippen LogP contribution is -2.18. The summed E-state index contributed by atoms with van der Waals surface area (Å²) in [6, 6.07) is 38.7. The first-order valence-corrected chi connectivity index (χ1v) is 37.8. The van der Waals surface area contributed by atoms with Crippen molar-refractivity contribution in [1.29, 1.82) is 0 Å². The average molecular weight is 1460 g/mol. The maximum Gasteiger partial charge on any atom is 0.134 e. The molecule has 0 fully saturated rings. The van der Waals surface area contributed by atoms with E-state index in [1.165, 1.54) is 67.0 Å². The van der Waals surface area contributed by atoms with Gasteiger partial charge in [0.1, 0.15) is 11.6 Å². The topological polar surface area (TPSA) is 168 Å². The molecule has 0 aliphatic rings. The number of rotatable bonds is 1. The van der Waals surface area contributed by atoms with Gasteiger partial charge in [-0.1, -0.05) is 139 Å². The summed E-state index contributed by atoms with van der Waals surface area (Å²) in [5.74, 6) is 2.34. The fraction of sp³-hybridized carbons (Fsp3) is 0.442. The molecule has 13 nitrogen and oxygen atoms in total. The molecule has 0 aromatic carbocycles. The van der Waals surface area contributed by atoms with Crippen molar-refractivity contribution in [1.82, 2.24) is 64.8 Å². The van der Waals surface area contributed by atoms with Gasteiger partial charge in [0.05, 0.1) is 0 Å². The van der Waals surface area contributed by atoms with Gasteiger partial charge in [0, 0.05) is 150 Å². The Morgan fingerprint density at radius 3 is 1.07 bits per heavy atom. The lowest BCUT2D eigenvalue weighted by molar-refractivity contribution is 0.539. The zero-order chi connectivity index (χ0) is 82.6. The molecule has 11 heterocycles. The minimum atomic E-state index is 0.0449. The van der Waals surface area contributed by atoms with Crippen LogP contribution in [-0.4, -0.2) is 64.8 Å². The molecule has 0 aliphatic carbocycles. The summed E-state index contributed by atoms with van der Waals surface area (Å²) in [5.41, 5.74) is 31.1. The van der Waals surface area contributed by atoms with Gasteiger partial charge in [0.15, 0.2) is 0 Å². The monoisotopic (exact) mass is 1460 g/mol. The highest BCUT2D eigenvalue weighted by Gasteiger charge is 2.20. The van der Waals surface area contributed by atoms with Crippen LogP contribution in [0.3, 0.4) is 0 Å². The number of pyridine rings is 9. The van der Waals surface area contributed by atoms with Crippen LogP contribution < -0.4 is 0 Å². The van der Waals surface area contributed by atoms with E-state index in [-0.39, 0.29) is 21.7 Å². The van der Waals surface area contributed by atoms with Gasteiger partial charge < -0.3 is 0 Å². The Kier molecular flexibility index (Phi) is 41.7. The van der Waals surface area contributed by atoms with Gasteiger partial charge in [0.2, 0.25) is 0 Å².